The van der Waals surface area contributed by atoms with E-state index in [1.807, 2.05) is 4.90 Å². The van der Waals surface area contributed by atoms with Crippen molar-refractivity contribution in [2.24, 2.45) is 5.92 Å². The van der Waals surface area contributed by atoms with Crippen LogP contribution in [-0.2, 0) is 4.74 Å². The van der Waals surface area contributed by atoms with Crippen LogP contribution in [0.15, 0.2) is 18.2 Å². The molecule has 0 N–H and O–H groups in total. The predicted octanol–water partition coefficient (Wildman–Crippen LogP) is 2.60. The summed E-state index contributed by atoms with van der Waals surface area (Å²) in [6.07, 6.45) is 2.02. The van der Waals surface area contributed by atoms with Gasteiger partial charge in [0.25, 0.3) is 5.69 Å². The average Bonchev–Trinajstić information content (AvgIpc) is 2.39. The van der Waals surface area contributed by atoms with Gasteiger partial charge < -0.3 is 9.64 Å². The molecule has 0 amide bonds. The van der Waals surface area contributed by atoms with E-state index in [9.17, 15) is 14.5 Å². The van der Waals surface area contributed by atoms with E-state index in [0.717, 1.165) is 25.5 Å². The van der Waals surface area contributed by atoms with Crippen LogP contribution >= 0.6 is 0 Å². The summed E-state index contributed by atoms with van der Waals surface area (Å²) >= 11 is 0. The van der Waals surface area contributed by atoms with E-state index in [1.165, 1.54) is 12.1 Å². The maximum Gasteiger partial charge on any atom is 0.295 e. The summed E-state index contributed by atoms with van der Waals surface area (Å²) in [6.45, 7) is 2.11. The number of ether oxygens (including phenoxy) is 1. The van der Waals surface area contributed by atoms with Crippen molar-refractivity contribution < 1.29 is 14.1 Å². The van der Waals surface area contributed by atoms with Gasteiger partial charge in [0.05, 0.1) is 17.6 Å². The summed E-state index contributed by atoms with van der Waals surface area (Å²) in [4.78, 5) is 12.4. The number of nitro groups is 1. The number of hydrogen-bond donors (Lipinski definition) is 0. The molecule has 0 saturated carbocycles. The van der Waals surface area contributed by atoms with Gasteiger partial charge in [0, 0.05) is 20.2 Å². The van der Waals surface area contributed by atoms with Gasteiger partial charge in [-0.15, -0.1) is 0 Å². The summed E-state index contributed by atoms with van der Waals surface area (Å²) < 4.78 is 18.3. The largest absolute Gasteiger partial charge is 0.384 e. The summed E-state index contributed by atoms with van der Waals surface area (Å²) in [6, 6.07) is 3.74. The van der Waals surface area contributed by atoms with Crippen molar-refractivity contribution in [3.63, 3.8) is 0 Å². The van der Waals surface area contributed by atoms with Crippen LogP contribution in [0.5, 0.6) is 0 Å². The van der Waals surface area contributed by atoms with Crippen LogP contribution in [0.2, 0.25) is 0 Å². The third kappa shape index (κ3) is 3.20. The lowest BCUT2D eigenvalue weighted by Crippen LogP contribution is -2.37. The molecule has 0 bridgehead atoms. The molecule has 0 aromatic heterocycles. The van der Waals surface area contributed by atoms with Gasteiger partial charge in [-0.25, -0.2) is 4.39 Å². The highest BCUT2D eigenvalue weighted by atomic mass is 19.1. The Kier molecular flexibility index (Phi) is 4.31. The first kappa shape index (κ1) is 13.7. The second-order valence-corrected chi connectivity index (χ2v) is 4.80. The van der Waals surface area contributed by atoms with Crippen LogP contribution in [-0.4, -0.2) is 31.7 Å². The Labute approximate surface area is 111 Å². The molecule has 1 atom stereocenters. The van der Waals surface area contributed by atoms with Crippen molar-refractivity contribution in [1.82, 2.24) is 0 Å². The quantitative estimate of drug-likeness (QED) is 0.622. The van der Waals surface area contributed by atoms with Gasteiger partial charge >= 0.3 is 0 Å². The van der Waals surface area contributed by atoms with Gasteiger partial charge in [0.2, 0.25) is 0 Å². The van der Waals surface area contributed by atoms with Gasteiger partial charge in [-0.05, 0) is 30.9 Å². The van der Waals surface area contributed by atoms with Crippen molar-refractivity contribution in [2.45, 2.75) is 12.8 Å². The number of methoxy groups -OCH3 is 1. The second kappa shape index (κ2) is 5.97. The predicted molar refractivity (Wildman–Crippen MR) is 69.9 cm³/mol. The molecular formula is C13H17FN2O3. The SMILES string of the molecule is COC[C@@H]1CCCN(c2ccc(F)cc2[N+](=O)[O-])C1. The zero-order valence-corrected chi connectivity index (χ0v) is 10.8. The molecule has 1 aliphatic heterocycles. The lowest BCUT2D eigenvalue weighted by atomic mass is 9.98. The molecule has 6 heteroatoms. The van der Waals surface area contributed by atoms with Gasteiger partial charge in [-0.1, -0.05) is 0 Å². The van der Waals surface area contributed by atoms with Gasteiger partial charge in [0.1, 0.15) is 11.5 Å². The molecule has 1 aromatic rings. The summed E-state index contributed by atoms with van der Waals surface area (Å²) in [5.74, 6) is -0.218. The number of halogens is 1. The lowest BCUT2D eigenvalue weighted by molar-refractivity contribution is -0.384. The van der Waals surface area contributed by atoms with Crippen molar-refractivity contribution in [3.8, 4) is 0 Å². The first-order valence-corrected chi connectivity index (χ1v) is 6.29. The van der Waals surface area contributed by atoms with Crippen molar-refractivity contribution >= 4 is 11.4 Å². The number of hydrogen-bond acceptors (Lipinski definition) is 4. The van der Waals surface area contributed by atoms with Crippen LogP contribution in [0, 0.1) is 21.8 Å². The molecule has 104 valence electrons. The molecule has 1 saturated heterocycles. The fourth-order valence-corrected chi connectivity index (χ4v) is 2.57. The minimum absolute atomic E-state index is 0.168. The minimum atomic E-state index is -0.582. The Morgan fingerprint density at radius 2 is 2.37 bits per heavy atom. The molecule has 1 aromatic carbocycles. The van der Waals surface area contributed by atoms with E-state index in [1.54, 1.807) is 7.11 Å². The molecule has 5 nitrogen and oxygen atoms in total. The van der Waals surface area contributed by atoms with Crippen molar-refractivity contribution in [2.75, 3.05) is 31.7 Å². The van der Waals surface area contributed by atoms with E-state index >= 15 is 0 Å². The Morgan fingerprint density at radius 1 is 1.58 bits per heavy atom. The number of rotatable bonds is 4. The molecule has 0 aliphatic carbocycles. The second-order valence-electron chi connectivity index (χ2n) is 4.80. The maximum atomic E-state index is 13.1. The number of piperidine rings is 1. The van der Waals surface area contributed by atoms with Crippen LogP contribution in [0.25, 0.3) is 0 Å². The van der Waals surface area contributed by atoms with Crippen molar-refractivity contribution in [1.29, 1.82) is 0 Å². The minimum Gasteiger partial charge on any atom is -0.384 e. The summed E-state index contributed by atoms with van der Waals surface area (Å²) in [7, 11) is 1.65. The maximum absolute atomic E-state index is 13.1. The third-order valence-electron chi connectivity index (χ3n) is 3.40. The molecule has 1 heterocycles. The van der Waals surface area contributed by atoms with E-state index in [2.05, 4.69) is 0 Å². The van der Waals surface area contributed by atoms with Crippen LogP contribution in [0.3, 0.4) is 0 Å². The Bertz CT molecular complexity index is 465. The highest BCUT2D eigenvalue weighted by Crippen LogP contribution is 2.32. The molecule has 0 unspecified atom stereocenters. The molecular weight excluding hydrogens is 251 g/mol. The van der Waals surface area contributed by atoms with Crippen molar-refractivity contribution in [3.05, 3.63) is 34.1 Å². The standard InChI is InChI=1S/C13H17FN2O3/c1-19-9-10-3-2-6-15(8-10)12-5-4-11(14)7-13(12)16(17)18/h4-5,7,10H,2-3,6,8-9H2,1H3/t10-/m1/s1. The van der Waals surface area contributed by atoms with Gasteiger partial charge in [0.15, 0.2) is 0 Å². The number of nitrogens with zero attached hydrogens (tertiary/aromatic N) is 2. The first-order valence-electron chi connectivity index (χ1n) is 6.29. The van der Waals surface area contributed by atoms with E-state index in [4.69, 9.17) is 4.74 Å². The molecule has 1 aliphatic rings. The Hall–Kier alpha value is -1.69. The zero-order valence-electron chi connectivity index (χ0n) is 10.8. The molecule has 0 radical (unpaired) electrons. The summed E-state index contributed by atoms with van der Waals surface area (Å²) in [5, 5.41) is 11.0. The number of anilines is 1. The Morgan fingerprint density at radius 3 is 3.05 bits per heavy atom. The fraction of sp³-hybridized carbons (Fsp3) is 0.538. The first-order chi connectivity index (χ1) is 9.11. The highest BCUT2D eigenvalue weighted by Gasteiger charge is 2.25. The average molecular weight is 268 g/mol. The molecule has 1 fully saturated rings. The lowest BCUT2D eigenvalue weighted by Gasteiger charge is -2.33. The number of benzene rings is 1. The molecule has 2 rings (SSSR count). The zero-order chi connectivity index (χ0) is 13.8. The van der Waals surface area contributed by atoms with Crippen LogP contribution < -0.4 is 4.90 Å². The fourth-order valence-electron chi connectivity index (χ4n) is 2.57. The van der Waals surface area contributed by atoms with E-state index in [0.29, 0.717) is 24.8 Å². The molecule has 19 heavy (non-hydrogen) atoms. The van der Waals surface area contributed by atoms with Gasteiger partial charge in [-0.3, -0.25) is 10.1 Å². The number of nitro benzene ring substituents is 1. The topological polar surface area (TPSA) is 55.6 Å². The summed E-state index contributed by atoms with van der Waals surface area (Å²) in [5.41, 5.74) is 0.324. The normalized spacial score (nSPS) is 19.5. The van der Waals surface area contributed by atoms with Crippen LogP contribution in [0.4, 0.5) is 15.8 Å². The third-order valence-corrected chi connectivity index (χ3v) is 3.40. The Balaban J connectivity index is 2.23. The van der Waals surface area contributed by atoms with Crippen LogP contribution in [0.1, 0.15) is 12.8 Å². The van der Waals surface area contributed by atoms with E-state index < -0.39 is 10.7 Å². The smallest absolute Gasteiger partial charge is 0.295 e. The van der Waals surface area contributed by atoms with E-state index in [-0.39, 0.29) is 5.69 Å². The van der Waals surface area contributed by atoms with Gasteiger partial charge in [-0.2, -0.15) is 0 Å². The molecule has 0 spiro atoms. The monoisotopic (exact) mass is 268 g/mol. The highest BCUT2D eigenvalue weighted by molar-refractivity contribution is 5.63.